The molecule has 0 spiro atoms. The Morgan fingerprint density at radius 1 is 1.14 bits per heavy atom. The van der Waals surface area contributed by atoms with Gasteiger partial charge in [0.2, 0.25) is 11.8 Å². The molecule has 150 valence electrons. The number of amides is 2. The van der Waals surface area contributed by atoms with Gasteiger partial charge in [-0.05, 0) is 38.8 Å². The minimum atomic E-state index is -0.768. The van der Waals surface area contributed by atoms with E-state index in [9.17, 15) is 9.59 Å². The fraction of sp³-hybridized carbons (Fsp3) is 0.500. The highest BCUT2D eigenvalue weighted by Crippen LogP contribution is 2.31. The van der Waals surface area contributed by atoms with Gasteiger partial charge >= 0.3 is 0 Å². The molecule has 2 amide bonds. The molecule has 0 atom stereocenters. The topological polar surface area (TPSA) is 67.2 Å². The number of hydrogen-bond donors (Lipinski definition) is 1. The van der Waals surface area contributed by atoms with Gasteiger partial charge in [0.1, 0.15) is 5.54 Å². The molecule has 1 N–H and O–H groups in total. The van der Waals surface area contributed by atoms with Crippen molar-refractivity contribution in [3.8, 4) is 5.69 Å². The molecule has 2 aromatic rings. The SMILES string of the molecule is CC(=O)NC1(C(=O)N(C)Cc2c(C)nn(-c3ccccc3)c2C)CCCCC1. The van der Waals surface area contributed by atoms with Gasteiger partial charge in [-0.15, -0.1) is 0 Å². The van der Waals surface area contributed by atoms with Crippen molar-refractivity contribution in [2.75, 3.05) is 7.05 Å². The van der Waals surface area contributed by atoms with E-state index in [4.69, 9.17) is 0 Å². The van der Waals surface area contributed by atoms with Crippen LogP contribution in [0.15, 0.2) is 30.3 Å². The average molecular weight is 383 g/mol. The third kappa shape index (κ3) is 3.96. The minimum Gasteiger partial charge on any atom is -0.342 e. The highest BCUT2D eigenvalue weighted by molar-refractivity contribution is 5.91. The average Bonchev–Trinajstić information content (AvgIpc) is 2.96. The standard InChI is InChI=1S/C22H30N4O2/c1-16-20(17(2)26(24-16)19-11-7-5-8-12-19)15-25(4)21(28)22(23-18(3)27)13-9-6-10-14-22/h5,7-8,11-12H,6,9-10,13-15H2,1-4H3,(H,23,27). The largest absolute Gasteiger partial charge is 0.342 e. The summed E-state index contributed by atoms with van der Waals surface area (Å²) in [6.07, 6.45) is 4.45. The third-order valence-electron chi connectivity index (χ3n) is 5.72. The number of nitrogens with one attached hydrogen (secondary N) is 1. The van der Waals surface area contributed by atoms with E-state index in [1.807, 2.05) is 55.9 Å². The van der Waals surface area contributed by atoms with Gasteiger partial charge in [-0.1, -0.05) is 37.5 Å². The molecule has 6 nitrogen and oxygen atoms in total. The molecular weight excluding hydrogens is 352 g/mol. The molecule has 0 radical (unpaired) electrons. The first kappa shape index (κ1) is 20.1. The van der Waals surface area contributed by atoms with Crippen molar-refractivity contribution in [1.82, 2.24) is 20.0 Å². The summed E-state index contributed by atoms with van der Waals surface area (Å²) in [5, 5.41) is 7.65. The smallest absolute Gasteiger partial charge is 0.248 e. The van der Waals surface area contributed by atoms with Crippen molar-refractivity contribution >= 4 is 11.8 Å². The fourth-order valence-electron chi connectivity index (χ4n) is 4.28. The first-order valence-corrected chi connectivity index (χ1v) is 9.99. The van der Waals surface area contributed by atoms with Crippen LogP contribution in [-0.4, -0.2) is 39.1 Å². The number of nitrogens with zero attached hydrogens (tertiary/aromatic N) is 3. The van der Waals surface area contributed by atoms with Crippen LogP contribution in [0, 0.1) is 13.8 Å². The normalized spacial score (nSPS) is 15.9. The number of benzene rings is 1. The van der Waals surface area contributed by atoms with Crippen molar-refractivity contribution in [2.24, 2.45) is 0 Å². The maximum absolute atomic E-state index is 13.3. The molecule has 1 aromatic carbocycles. The number of aryl methyl sites for hydroxylation is 1. The third-order valence-corrected chi connectivity index (χ3v) is 5.72. The zero-order chi connectivity index (χ0) is 20.3. The maximum atomic E-state index is 13.3. The summed E-state index contributed by atoms with van der Waals surface area (Å²) < 4.78 is 1.92. The second-order valence-corrected chi connectivity index (χ2v) is 7.88. The van der Waals surface area contributed by atoms with E-state index in [0.717, 1.165) is 41.9 Å². The van der Waals surface area contributed by atoms with Crippen LogP contribution in [0.5, 0.6) is 0 Å². The Morgan fingerprint density at radius 2 is 1.79 bits per heavy atom. The van der Waals surface area contributed by atoms with Gasteiger partial charge in [0.25, 0.3) is 0 Å². The molecule has 0 saturated heterocycles. The summed E-state index contributed by atoms with van der Waals surface area (Å²) in [5.41, 5.74) is 3.23. The van der Waals surface area contributed by atoms with Gasteiger partial charge in [-0.3, -0.25) is 9.59 Å². The van der Waals surface area contributed by atoms with E-state index in [1.54, 1.807) is 4.90 Å². The first-order valence-electron chi connectivity index (χ1n) is 9.99. The van der Waals surface area contributed by atoms with E-state index >= 15 is 0 Å². The molecule has 0 unspecified atom stereocenters. The summed E-state index contributed by atoms with van der Waals surface area (Å²) in [6.45, 7) is 5.97. The number of carbonyl (C=O) groups excluding carboxylic acids is 2. The summed E-state index contributed by atoms with van der Waals surface area (Å²) in [4.78, 5) is 26.9. The molecule has 6 heteroatoms. The van der Waals surface area contributed by atoms with Crippen LogP contribution in [0.1, 0.15) is 56.0 Å². The van der Waals surface area contributed by atoms with Crippen molar-refractivity contribution in [2.45, 2.75) is 65.0 Å². The summed E-state index contributed by atoms with van der Waals surface area (Å²) in [7, 11) is 1.82. The van der Waals surface area contributed by atoms with Crippen LogP contribution < -0.4 is 5.32 Å². The highest BCUT2D eigenvalue weighted by atomic mass is 16.2. The molecule has 1 aliphatic carbocycles. The number of rotatable bonds is 5. The van der Waals surface area contributed by atoms with Crippen molar-refractivity contribution in [3.05, 3.63) is 47.3 Å². The fourth-order valence-corrected chi connectivity index (χ4v) is 4.28. The van der Waals surface area contributed by atoms with Crippen LogP contribution in [0.4, 0.5) is 0 Å². The number of carbonyl (C=O) groups is 2. The molecular formula is C22H30N4O2. The van der Waals surface area contributed by atoms with Gasteiger partial charge in [0.15, 0.2) is 0 Å². The summed E-state index contributed by atoms with van der Waals surface area (Å²) in [5.74, 6) is -0.151. The van der Waals surface area contributed by atoms with E-state index in [0.29, 0.717) is 19.4 Å². The predicted octanol–water partition coefficient (Wildman–Crippen LogP) is 3.29. The Bertz CT molecular complexity index is 851. The van der Waals surface area contributed by atoms with Crippen LogP contribution in [0.2, 0.25) is 0 Å². The van der Waals surface area contributed by atoms with Gasteiger partial charge in [0.05, 0.1) is 11.4 Å². The lowest BCUT2D eigenvalue weighted by Gasteiger charge is -2.39. The van der Waals surface area contributed by atoms with Gasteiger partial charge in [-0.2, -0.15) is 5.10 Å². The Kier molecular flexibility index (Phi) is 5.87. The lowest BCUT2D eigenvalue weighted by molar-refractivity contribution is -0.142. The second-order valence-electron chi connectivity index (χ2n) is 7.88. The zero-order valence-corrected chi connectivity index (χ0v) is 17.3. The monoisotopic (exact) mass is 382 g/mol. The molecule has 1 fully saturated rings. The Balaban J connectivity index is 1.84. The molecule has 1 aliphatic rings. The maximum Gasteiger partial charge on any atom is 0.248 e. The molecule has 0 aliphatic heterocycles. The van der Waals surface area contributed by atoms with Crippen molar-refractivity contribution in [1.29, 1.82) is 0 Å². The molecule has 1 heterocycles. The predicted molar refractivity (Wildman–Crippen MR) is 109 cm³/mol. The van der Waals surface area contributed by atoms with Crippen LogP contribution >= 0.6 is 0 Å². The van der Waals surface area contributed by atoms with Crippen LogP contribution in [-0.2, 0) is 16.1 Å². The number of hydrogen-bond acceptors (Lipinski definition) is 3. The van der Waals surface area contributed by atoms with E-state index in [-0.39, 0.29) is 11.8 Å². The molecule has 0 bridgehead atoms. The Hall–Kier alpha value is -2.63. The highest BCUT2D eigenvalue weighted by Gasteiger charge is 2.42. The van der Waals surface area contributed by atoms with Crippen molar-refractivity contribution in [3.63, 3.8) is 0 Å². The first-order chi connectivity index (χ1) is 13.3. The van der Waals surface area contributed by atoms with Crippen LogP contribution in [0.3, 0.4) is 0 Å². The molecule has 28 heavy (non-hydrogen) atoms. The Labute approximate surface area is 166 Å². The number of likely N-dealkylation sites (N-methyl/N-ethyl adjacent to an activating group) is 1. The number of aromatic nitrogens is 2. The van der Waals surface area contributed by atoms with Gasteiger partial charge in [-0.25, -0.2) is 4.68 Å². The van der Waals surface area contributed by atoms with Gasteiger partial charge < -0.3 is 10.2 Å². The summed E-state index contributed by atoms with van der Waals surface area (Å²) >= 11 is 0. The molecule has 1 aromatic heterocycles. The van der Waals surface area contributed by atoms with Crippen molar-refractivity contribution < 1.29 is 9.59 Å². The van der Waals surface area contributed by atoms with Crippen LogP contribution in [0.25, 0.3) is 5.69 Å². The minimum absolute atomic E-state index is 0.00587. The van der Waals surface area contributed by atoms with Gasteiger partial charge in [0, 0.05) is 31.8 Å². The molecule has 1 saturated carbocycles. The van der Waals surface area contributed by atoms with E-state index in [2.05, 4.69) is 10.4 Å². The molecule has 3 rings (SSSR count). The van der Waals surface area contributed by atoms with E-state index < -0.39 is 5.54 Å². The zero-order valence-electron chi connectivity index (χ0n) is 17.3. The second kappa shape index (κ2) is 8.17. The Morgan fingerprint density at radius 3 is 2.39 bits per heavy atom. The number of para-hydroxylation sites is 1. The summed E-state index contributed by atoms with van der Waals surface area (Å²) in [6, 6.07) is 9.99. The lowest BCUT2D eigenvalue weighted by atomic mass is 9.80. The lowest BCUT2D eigenvalue weighted by Crippen LogP contribution is -2.59. The van der Waals surface area contributed by atoms with E-state index in [1.165, 1.54) is 6.92 Å². The quantitative estimate of drug-likeness (QED) is 0.863.